The fourth-order valence-corrected chi connectivity index (χ4v) is 2.79. The monoisotopic (exact) mass is 381 g/mol. The van der Waals surface area contributed by atoms with Crippen LogP contribution < -0.4 is 0 Å². The lowest BCUT2D eigenvalue weighted by Crippen LogP contribution is -2.10. The first kappa shape index (κ1) is 17.7. The third-order valence-corrected chi connectivity index (χ3v) is 4.14. The first-order valence-corrected chi connectivity index (χ1v) is 8.31. The molecule has 8 heteroatoms. The Hall–Kier alpha value is -3.68. The van der Waals surface area contributed by atoms with Gasteiger partial charge in [-0.05, 0) is 31.2 Å². The largest absolute Gasteiger partial charge is 0.497 e. The number of hydrogen-bond donors (Lipinski definition) is 0. The van der Waals surface area contributed by atoms with Crippen LogP contribution in [0, 0.1) is 18.6 Å². The maximum Gasteiger partial charge on any atom is 0.345 e. The van der Waals surface area contributed by atoms with Crippen LogP contribution in [-0.4, -0.2) is 27.5 Å². The minimum atomic E-state index is -0.776. The number of hydrogen-bond acceptors (Lipinski definition) is 6. The predicted molar refractivity (Wildman–Crippen MR) is 96.0 cm³/mol. The Balaban J connectivity index is 1.81. The molecule has 0 atom stereocenters. The Bertz CT molecular complexity index is 1160. The number of aryl methyl sites for hydroxylation is 1. The first-order valence-electron chi connectivity index (χ1n) is 8.31. The average Bonchev–Trinajstić information content (AvgIpc) is 2.68. The van der Waals surface area contributed by atoms with Crippen LogP contribution in [0.1, 0.15) is 16.1 Å². The standard InChI is InChI=1S/C20H13F2N3O3/c1-11-15(20(26)28-13-4-6-27-7-5-13)9-16-18(23-10-24-19(16)25-11)14-3-2-12(21)8-17(14)22/h2-6,8-10H,7H2,1H3. The van der Waals surface area contributed by atoms with Crippen molar-refractivity contribution in [2.45, 2.75) is 6.92 Å². The molecule has 28 heavy (non-hydrogen) atoms. The zero-order chi connectivity index (χ0) is 19.7. The lowest BCUT2D eigenvalue weighted by atomic mass is 10.0. The van der Waals surface area contributed by atoms with E-state index >= 15 is 0 Å². The van der Waals surface area contributed by atoms with E-state index in [1.54, 1.807) is 13.0 Å². The van der Waals surface area contributed by atoms with Crippen LogP contribution in [0.5, 0.6) is 0 Å². The van der Waals surface area contributed by atoms with E-state index in [-0.39, 0.29) is 22.5 Å². The molecule has 1 aliphatic rings. The number of esters is 1. The minimum Gasteiger partial charge on any atom is -0.497 e. The normalized spacial score (nSPS) is 13.2. The number of halogens is 2. The molecule has 6 nitrogen and oxygen atoms in total. The Morgan fingerprint density at radius 2 is 2.07 bits per heavy atom. The van der Waals surface area contributed by atoms with Gasteiger partial charge in [0.25, 0.3) is 0 Å². The van der Waals surface area contributed by atoms with Crippen molar-refractivity contribution < 1.29 is 23.0 Å². The van der Waals surface area contributed by atoms with E-state index in [0.29, 0.717) is 23.4 Å². The third-order valence-electron chi connectivity index (χ3n) is 4.14. The van der Waals surface area contributed by atoms with Gasteiger partial charge in [0.15, 0.2) is 5.65 Å². The van der Waals surface area contributed by atoms with Gasteiger partial charge in [0, 0.05) is 23.1 Å². The SMILES string of the molecule is Cc1nc2ncnc(-c3ccc(F)cc3F)c2cc1C(=O)OC1=CCOC=C1. The zero-order valence-corrected chi connectivity index (χ0v) is 14.6. The maximum absolute atomic E-state index is 14.3. The van der Waals surface area contributed by atoms with E-state index in [9.17, 15) is 13.6 Å². The fourth-order valence-electron chi connectivity index (χ4n) is 2.79. The summed E-state index contributed by atoms with van der Waals surface area (Å²) in [5.41, 5.74) is 1.15. The molecule has 0 saturated carbocycles. The first-order chi connectivity index (χ1) is 13.5. The van der Waals surface area contributed by atoms with E-state index in [2.05, 4.69) is 15.0 Å². The van der Waals surface area contributed by atoms with Crippen LogP contribution in [-0.2, 0) is 9.47 Å². The van der Waals surface area contributed by atoms with E-state index in [1.165, 1.54) is 30.8 Å². The van der Waals surface area contributed by atoms with Crippen molar-refractivity contribution in [3.63, 3.8) is 0 Å². The van der Waals surface area contributed by atoms with E-state index < -0.39 is 17.6 Å². The molecule has 3 aromatic rings. The van der Waals surface area contributed by atoms with Crippen LogP contribution in [0.25, 0.3) is 22.3 Å². The van der Waals surface area contributed by atoms with Gasteiger partial charge in [-0.2, -0.15) is 0 Å². The second-order valence-electron chi connectivity index (χ2n) is 5.97. The molecule has 140 valence electrons. The maximum atomic E-state index is 14.3. The van der Waals surface area contributed by atoms with Crippen molar-refractivity contribution in [1.29, 1.82) is 0 Å². The number of aromatic nitrogens is 3. The number of carbonyl (C=O) groups excluding carboxylic acids is 1. The average molecular weight is 381 g/mol. The molecule has 0 radical (unpaired) electrons. The van der Waals surface area contributed by atoms with Gasteiger partial charge in [0.2, 0.25) is 0 Å². The second kappa shape index (κ2) is 7.15. The fraction of sp³-hybridized carbons (Fsp3) is 0.100. The van der Waals surface area contributed by atoms with Gasteiger partial charge in [-0.3, -0.25) is 0 Å². The lowest BCUT2D eigenvalue weighted by molar-refractivity contribution is 0.0628. The summed E-state index contributed by atoms with van der Waals surface area (Å²) < 4.78 is 37.9. The van der Waals surface area contributed by atoms with Gasteiger partial charge in [0.1, 0.15) is 30.3 Å². The van der Waals surface area contributed by atoms with Crippen LogP contribution in [0.15, 0.2) is 54.8 Å². The Labute approximate surface area is 158 Å². The van der Waals surface area contributed by atoms with Crippen LogP contribution in [0.3, 0.4) is 0 Å². The van der Waals surface area contributed by atoms with Crippen molar-refractivity contribution in [1.82, 2.24) is 15.0 Å². The highest BCUT2D eigenvalue weighted by atomic mass is 19.1. The van der Waals surface area contributed by atoms with Gasteiger partial charge in [-0.15, -0.1) is 0 Å². The molecule has 1 aliphatic heterocycles. The Kier molecular flexibility index (Phi) is 4.52. The second-order valence-corrected chi connectivity index (χ2v) is 5.97. The van der Waals surface area contributed by atoms with Gasteiger partial charge in [-0.1, -0.05) is 0 Å². The molecule has 0 amide bonds. The predicted octanol–water partition coefficient (Wildman–Crippen LogP) is 3.86. The topological polar surface area (TPSA) is 74.2 Å². The molecule has 4 rings (SSSR count). The molecule has 0 spiro atoms. The summed E-state index contributed by atoms with van der Waals surface area (Å²) in [6.07, 6.45) is 5.80. The number of allylic oxidation sites excluding steroid dienone is 1. The van der Waals surface area contributed by atoms with E-state index in [0.717, 1.165) is 12.1 Å². The Morgan fingerprint density at radius 1 is 1.21 bits per heavy atom. The molecule has 2 aromatic heterocycles. The highest BCUT2D eigenvalue weighted by Crippen LogP contribution is 2.29. The Morgan fingerprint density at radius 3 is 2.82 bits per heavy atom. The van der Waals surface area contributed by atoms with E-state index in [4.69, 9.17) is 9.47 Å². The highest BCUT2D eigenvalue weighted by molar-refractivity contribution is 5.98. The summed E-state index contributed by atoms with van der Waals surface area (Å²) in [7, 11) is 0. The smallest absolute Gasteiger partial charge is 0.345 e. The van der Waals surface area contributed by atoms with Gasteiger partial charge < -0.3 is 9.47 Å². The lowest BCUT2D eigenvalue weighted by Gasteiger charge is -2.12. The van der Waals surface area contributed by atoms with Crippen molar-refractivity contribution >= 4 is 17.0 Å². The van der Waals surface area contributed by atoms with Crippen LogP contribution in [0.4, 0.5) is 8.78 Å². The van der Waals surface area contributed by atoms with Gasteiger partial charge in [0.05, 0.1) is 23.2 Å². The minimum absolute atomic E-state index is 0.0776. The summed E-state index contributed by atoms with van der Waals surface area (Å²) in [5.74, 6) is -1.75. The number of pyridine rings is 1. The van der Waals surface area contributed by atoms with Crippen molar-refractivity contribution in [2.24, 2.45) is 0 Å². The quantitative estimate of drug-likeness (QED) is 0.642. The molecule has 3 heterocycles. The molecular weight excluding hydrogens is 368 g/mol. The number of nitrogens with zero attached hydrogens (tertiary/aromatic N) is 3. The number of benzene rings is 1. The molecule has 0 N–H and O–H groups in total. The third kappa shape index (κ3) is 3.32. The summed E-state index contributed by atoms with van der Waals surface area (Å²) in [5, 5.41) is 0.349. The van der Waals surface area contributed by atoms with Crippen molar-refractivity contribution in [3.05, 3.63) is 77.7 Å². The van der Waals surface area contributed by atoms with Crippen LogP contribution in [0.2, 0.25) is 0 Å². The number of ether oxygens (including phenoxy) is 2. The number of rotatable bonds is 3. The van der Waals surface area contributed by atoms with Gasteiger partial charge >= 0.3 is 5.97 Å². The molecule has 0 unspecified atom stereocenters. The number of fused-ring (bicyclic) bond motifs is 1. The number of carbonyl (C=O) groups is 1. The molecule has 0 bridgehead atoms. The molecule has 0 saturated heterocycles. The summed E-state index contributed by atoms with van der Waals surface area (Å²) in [6.45, 7) is 1.94. The highest BCUT2D eigenvalue weighted by Gasteiger charge is 2.19. The summed E-state index contributed by atoms with van der Waals surface area (Å²) in [6, 6.07) is 4.68. The molecule has 0 aliphatic carbocycles. The summed E-state index contributed by atoms with van der Waals surface area (Å²) >= 11 is 0. The van der Waals surface area contributed by atoms with Crippen molar-refractivity contribution in [2.75, 3.05) is 6.61 Å². The molecular formula is C20H13F2N3O3. The van der Waals surface area contributed by atoms with Crippen LogP contribution >= 0.6 is 0 Å². The van der Waals surface area contributed by atoms with Gasteiger partial charge in [-0.25, -0.2) is 28.5 Å². The molecule has 0 fully saturated rings. The van der Waals surface area contributed by atoms with E-state index in [1.807, 2.05) is 0 Å². The molecule has 1 aromatic carbocycles. The zero-order valence-electron chi connectivity index (χ0n) is 14.6. The van der Waals surface area contributed by atoms with Crippen molar-refractivity contribution in [3.8, 4) is 11.3 Å². The summed E-state index contributed by atoms with van der Waals surface area (Å²) in [4.78, 5) is 25.1.